The average molecular weight is 453 g/mol. The summed E-state index contributed by atoms with van der Waals surface area (Å²) < 4.78 is 10.5. The molecule has 0 radical (unpaired) electrons. The van der Waals surface area contributed by atoms with E-state index in [2.05, 4.69) is 18.7 Å². The van der Waals surface area contributed by atoms with Crippen LogP contribution in [0.15, 0.2) is 84.9 Å². The van der Waals surface area contributed by atoms with Crippen LogP contribution in [0, 0.1) is 5.92 Å². The van der Waals surface area contributed by atoms with Crippen LogP contribution in [0.3, 0.4) is 0 Å². The van der Waals surface area contributed by atoms with Gasteiger partial charge in [0.1, 0.15) is 11.5 Å². The lowest BCUT2D eigenvalue weighted by atomic mass is 10.1. The highest BCUT2D eigenvalue weighted by molar-refractivity contribution is 5.88. The molecule has 0 N–H and O–H groups in total. The third-order valence-corrected chi connectivity index (χ3v) is 4.88. The summed E-state index contributed by atoms with van der Waals surface area (Å²) in [4.78, 5) is 23.2. The number of carbonyl (C=O) groups excluding carboxylic acids is 2. The standard InChI is InChI=1S/C30H28O4/c1-21(2)29(31)33-27-17-13-25(14-18-27)11-9-23-5-7-24(8-6-23)10-12-26-15-19-28(20-16-26)34-30(32)22(3)4/h5-20,22H,1H2,2-4H3/b11-9+,12-10+. The van der Waals surface area contributed by atoms with Gasteiger partial charge in [-0.25, -0.2) is 4.79 Å². The number of hydrogen-bond acceptors (Lipinski definition) is 4. The summed E-state index contributed by atoms with van der Waals surface area (Å²) in [6, 6.07) is 22.9. The molecule has 0 atom stereocenters. The largest absolute Gasteiger partial charge is 0.426 e. The quantitative estimate of drug-likeness (QED) is 0.159. The molecule has 4 heteroatoms. The minimum Gasteiger partial charge on any atom is -0.426 e. The number of rotatable bonds is 8. The lowest BCUT2D eigenvalue weighted by Gasteiger charge is -2.06. The van der Waals surface area contributed by atoms with Crippen molar-refractivity contribution in [2.45, 2.75) is 20.8 Å². The molecular formula is C30H28O4. The van der Waals surface area contributed by atoms with Crippen molar-refractivity contribution in [1.82, 2.24) is 0 Å². The Morgan fingerprint density at radius 1 is 0.647 bits per heavy atom. The molecular weight excluding hydrogens is 424 g/mol. The predicted octanol–water partition coefficient (Wildman–Crippen LogP) is 7.07. The van der Waals surface area contributed by atoms with E-state index in [0.717, 1.165) is 22.3 Å². The first-order valence-corrected chi connectivity index (χ1v) is 11.1. The van der Waals surface area contributed by atoms with Gasteiger partial charge in [-0.3, -0.25) is 4.79 Å². The topological polar surface area (TPSA) is 52.6 Å². The Morgan fingerprint density at radius 3 is 1.29 bits per heavy atom. The molecule has 0 heterocycles. The molecule has 4 nitrogen and oxygen atoms in total. The number of carbonyl (C=O) groups is 2. The molecule has 3 aromatic carbocycles. The van der Waals surface area contributed by atoms with E-state index in [1.165, 1.54) is 0 Å². The van der Waals surface area contributed by atoms with Gasteiger partial charge in [-0.05, 0) is 53.4 Å². The van der Waals surface area contributed by atoms with Crippen LogP contribution >= 0.6 is 0 Å². The van der Waals surface area contributed by atoms with Crippen molar-refractivity contribution >= 4 is 36.2 Å². The van der Waals surface area contributed by atoms with Crippen LogP contribution in [-0.2, 0) is 9.59 Å². The molecule has 0 aromatic heterocycles. The van der Waals surface area contributed by atoms with E-state index >= 15 is 0 Å². The smallest absolute Gasteiger partial charge is 0.338 e. The fourth-order valence-electron chi connectivity index (χ4n) is 2.83. The maximum Gasteiger partial charge on any atom is 0.338 e. The molecule has 0 aliphatic carbocycles. The third-order valence-electron chi connectivity index (χ3n) is 4.88. The summed E-state index contributed by atoms with van der Waals surface area (Å²) >= 11 is 0. The van der Waals surface area contributed by atoms with E-state index < -0.39 is 5.97 Å². The Bertz CT molecular complexity index is 1200. The second-order valence-corrected chi connectivity index (χ2v) is 8.22. The second-order valence-electron chi connectivity index (χ2n) is 8.22. The second kappa shape index (κ2) is 11.6. The van der Waals surface area contributed by atoms with E-state index in [1.54, 1.807) is 31.2 Å². The van der Waals surface area contributed by atoms with Crippen LogP contribution < -0.4 is 9.47 Å². The molecule has 0 spiro atoms. The Balaban J connectivity index is 1.56. The zero-order chi connectivity index (χ0) is 24.5. The SMILES string of the molecule is C=C(C)C(=O)Oc1ccc(/C=C/c2ccc(/C=C/c3ccc(OC(=O)C(C)C)cc3)cc2)cc1. The molecule has 172 valence electrons. The molecule has 0 bridgehead atoms. The highest BCUT2D eigenvalue weighted by atomic mass is 16.5. The molecule has 0 saturated carbocycles. The Hall–Kier alpha value is -4.18. The van der Waals surface area contributed by atoms with Gasteiger partial charge in [0.05, 0.1) is 5.92 Å². The minimum atomic E-state index is -0.429. The van der Waals surface area contributed by atoms with Crippen molar-refractivity contribution in [3.8, 4) is 11.5 Å². The van der Waals surface area contributed by atoms with E-state index in [1.807, 2.05) is 74.5 Å². The molecule has 0 unspecified atom stereocenters. The van der Waals surface area contributed by atoms with Gasteiger partial charge in [-0.2, -0.15) is 0 Å². The van der Waals surface area contributed by atoms with Gasteiger partial charge in [0.2, 0.25) is 0 Å². The van der Waals surface area contributed by atoms with E-state index in [0.29, 0.717) is 17.1 Å². The summed E-state index contributed by atoms with van der Waals surface area (Å²) in [5.74, 6) is 0.221. The predicted molar refractivity (Wildman–Crippen MR) is 138 cm³/mol. The molecule has 0 aliphatic rings. The van der Waals surface area contributed by atoms with Crippen LogP contribution in [0.4, 0.5) is 0 Å². The van der Waals surface area contributed by atoms with Crippen LogP contribution in [0.1, 0.15) is 43.0 Å². The summed E-state index contributed by atoms with van der Waals surface area (Å²) in [7, 11) is 0. The molecule has 0 fully saturated rings. The first-order valence-electron chi connectivity index (χ1n) is 11.1. The lowest BCUT2D eigenvalue weighted by molar-refractivity contribution is -0.137. The maximum atomic E-state index is 11.7. The molecule has 0 saturated heterocycles. The van der Waals surface area contributed by atoms with Crippen LogP contribution in [0.5, 0.6) is 11.5 Å². The first kappa shape index (κ1) is 24.5. The number of benzene rings is 3. The fourth-order valence-corrected chi connectivity index (χ4v) is 2.83. The average Bonchev–Trinajstić information content (AvgIpc) is 2.83. The van der Waals surface area contributed by atoms with Gasteiger partial charge in [-0.1, -0.05) is 93.3 Å². The molecule has 3 rings (SSSR count). The number of ether oxygens (including phenoxy) is 2. The fraction of sp³-hybridized carbons (Fsp3) is 0.133. The Labute approximate surface area is 200 Å². The van der Waals surface area contributed by atoms with Gasteiger partial charge < -0.3 is 9.47 Å². The maximum absolute atomic E-state index is 11.7. The van der Waals surface area contributed by atoms with Crippen molar-refractivity contribution in [1.29, 1.82) is 0 Å². The highest BCUT2D eigenvalue weighted by Gasteiger charge is 2.09. The molecule has 3 aromatic rings. The molecule has 0 aliphatic heterocycles. The Morgan fingerprint density at radius 2 is 0.971 bits per heavy atom. The summed E-state index contributed by atoms with van der Waals surface area (Å²) in [6.07, 6.45) is 8.08. The summed E-state index contributed by atoms with van der Waals surface area (Å²) in [6.45, 7) is 8.81. The van der Waals surface area contributed by atoms with Crippen molar-refractivity contribution in [2.75, 3.05) is 0 Å². The van der Waals surface area contributed by atoms with Crippen molar-refractivity contribution < 1.29 is 19.1 Å². The van der Waals surface area contributed by atoms with Crippen LogP contribution in [-0.4, -0.2) is 11.9 Å². The zero-order valence-corrected chi connectivity index (χ0v) is 19.7. The summed E-state index contributed by atoms with van der Waals surface area (Å²) in [5.41, 5.74) is 4.54. The lowest BCUT2D eigenvalue weighted by Crippen LogP contribution is -2.14. The van der Waals surface area contributed by atoms with Crippen molar-refractivity contribution in [2.24, 2.45) is 5.92 Å². The summed E-state index contributed by atoms with van der Waals surface area (Å²) in [5, 5.41) is 0. The van der Waals surface area contributed by atoms with E-state index in [9.17, 15) is 9.59 Å². The normalized spacial score (nSPS) is 11.2. The Kier molecular flexibility index (Phi) is 8.36. The van der Waals surface area contributed by atoms with Gasteiger partial charge >= 0.3 is 11.9 Å². The van der Waals surface area contributed by atoms with Gasteiger partial charge in [0, 0.05) is 5.57 Å². The van der Waals surface area contributed by atoms with Gasteiger partial charge in [0.15, 0.2) is 0 Å². The number of esters is 2. The van der Waals surface area contributed by atoms with Crippen LogP contribution in [0.25, 0.3) is 24.3 Å². The monoisotopic (exact) mass is 452 g/mol. The van der Waals surface area contributed by atoms with Gasteiger partial charge in [-0.15, -0.1) is 0 Å². The van der Waals surface area contributed by atoms with Crippen LogP contribution in [0.2, 0.25) is 0 Å². The van der Waals surface area contributed by atoms with Crippen molar-refractivity contribution in [3.05, 3.63) is 107 Å². The first-order chi connectivity index (χ1) is 16.3. The van der Waals surface area contributed by atoms with E-state index in [4.69, 9.17) is 9.47 Å². The highest BCUT2D eigenvalue weighted by Crippen LogP contribution is 2.18. The zero-order valence-electron chi connectivity index (χ0n) is 19.7. The molecule has 34 heavy (non-hydrogen) atoms. The van der Waals surface area contributed by atoms with E-state index in [-0.39, 0.29) is 11.9 Å². The number of hydrogen-bond donors (Lipinski definition) is 0. The third kappa shape index (κ3) is 7.45. The minimum absolute atomic E-state index is 0.156. The van der Waals surface area contributed by atoms with Crippen molar-refractivity contribution in [3.63, 3.8) is 0 Å². The molecule has 0 amide bonds. The van der Waals surface area contributed by atoms with Gasteiger partial charge in [0.25, 0.3) is 0 Å².